The van der Waals surface area contributed by atoms with Crippen LogP contribution >= 0.6 is 12.6 Å². The van der Waals surface area contributed by atoms with Gasteiger partial charge in [-0.25, -0.2) is 0 Å². The lowest BCUT2D eigenvalue weighted by Crippen LogP contribution is -2.16. The van der Waals surface area contributed by atoms with E-state index < -0.39 is 12.8 Å². The van der Waals surface area contributed by atoms with Crippen molar-refractivity contribution in [2.75, 3.05) is 12.5 Å². The van der Waals surface area contributed by atoms with E-state index in [0.717, 1.165) is 0 Å². The van der Waals surface area contributed by atoms with Crippen molar-refractivity contribution >= 4 is 18.6 Å². The highest BCUT2D eigenvalue weighted by atomic mass is 32.1. The molecule has 0 amide bonds. The van der Waals surface area contributed by atoms with Gasteiger partial charge in [-0.2, -0.15) is 12.6 Å². The smallest absolute Gasteiger partial charge is 0.311 e. The van der Waals surface area contributed by atoms with Crippen molar-refractivity contribution in [2.45, 2.75) is 6.92 Å². The largest absolute Gasteiger partial charge is 0.438 e. The van der Waals surface area contributed by atoms with Gasteiger partial charge in [0.1, 0.15) is 0 Å². The molecule has 0 aliphatic heterocycles. The van der Waals surface area contributed by atoms with Crippen molar-refractivity contribution < 1.29 is 14.6 Å². The van der Waals surface area contributed by atoms with Crippen LogP contribution in [0.3, 0.4) is 0 Å². The number of thiol groups is 1. The lowest BCUT2D eigenvalue weighted by Gasteiger charge is -2.04. The molecule has 0 spiro atoms. The molecule has 0 aromatic carbocycles. The van der Waals surface area contributed by atoms with Crippen LogP contribution in [0.1, 0.15) is 6.92 Å². The molecule has 3 nitrogen and oxygen atoms in total. The Morgan fingerprint density at radius 3 is 2.78 bits per heavy atom. The molecule has 0 bridgehead atoms. The summed E-state index contributed by atoms with van der Waals surface area (Å²) in [5.74, 6) is -0.202. The van der Waals surface area contributed by atoms with E-state index in [9.17, 15) is 4.79 Å². The lowest BCUT2D eigenvalue weighted by molar-refractivity contribution is -0.155. The third-order valence-corrected chi connectivity index (χ3v) is 1.43. The molecule has 4 heteroatoms. The molecule has 9 heavy (non-hydrogen) atoms. The van der Waals surface area contributed by atoms with E-state index in [-0.39, 0.29) is 5.92 Å². The normalized spacial score (nSPS) is 12.8. The Labute approximate surface area is 59.4 Å². The van der Waals surface area contributed by atoms with Gasteiger partial charge in [0.2, 0.25) is 0 Å². The SMILES string of the molecule is C[C@@H](CS)C(=O)OCO. The number of hydrogen-bond donors (Lipinski definition) is 2. The predicted molar refractivity (Wildman–Crippen MR) is 36.2 cm³/mol. The van der Waals surface area contributed by atoms with Gasteiger partial charge < -0.3 is 9.84 Å². The van der Waals surface area contributed by atoms with Crippen LogP contribution in [0.4, 0.5) is 0 Å². The molecule has 54 valence electrons. The first kappa shape index (κ1) is 8.78. The zero-order valence-electron chi connectivity index (χ0n) is 5.20. The number of rotatable bonds is 3. The highest BCUT2D eigenvalue weighted by Crippen LogP contribution is 1.99. The lowest BCUT2D eigenvalue weighted by atomic mass is 10.2. The molecule has 0 aliphatic carbocycles. The maximum absolute atomic E-state index is 10.5. The zero-order valence-corrected chi connectivity index (χ0v) is 6.10. The zero-order chi connectivity index (χ0) is 7.28. The molecule has 0 aromatic rings. The number of hydrogen-bond acceptors (Lipinski definition) is 4. The van der Waals surface area contributed by atoms with E-state index in [2.05, 4.69) is 17.4 Å². The van der Waals surface area contributed by atoms with Crippen LogP contribution in [0, 0.1) is 5.92 Å². The summed E-state index contributed by atoms with van der Waals surface area (Å²) in [7, 11) is 0. The summed E-state index contributed by atoms with van der Waals surface area (Å²) in [6, 6.07) is 0. The highest BCUT2D eigenvalue weighted by Gasteiger charge is 2.10. The summed E-state index contributed by atoms with van der Waals surface area (Å²) in [6.45, 7) is 1.14. The van der Waals surface area contributed by atoms with Gasteiger partial charge in [0.15, 0.2) is 6.79 Å². The van der Waals surface area contributed by atoms with Crippen LogP contribution in [0.5, 0.6) is 0 Å². The summed E-state index contributed by atoms with van der Waals surface area (Å²) in [5, 5.41) is 8.11. The second-order valence-electron chi connectivity index (χ2n) is 1.68. The van der Waals surface area contributed by atoms with E-state index in [1.54, 1.807) is 6.92 Å². The Morgan fingerprint density at radius 2 is 2.44 bits per heavy atom. The van der Waals surface area contributed by atoms with Crippen molar-refractivity contribution in [2.24, 2.45) is 5.92 Å². The molecule has 0 radical (unpaired) electrons. The Hall–Kier alpha value is -0.220. The van der Waals surface area contributed by atoms with Gasteiger partial charge >= 0.3 is 5.97 Å². The highest BCUT2D eigenvalue weighted by molar-refractivity contribution is 7.80. The molecule has 0 aromatic heterocycles. The molecule has 0 heterocycles. The van der Waals surface area contributed by atoms with E-state index in [0.29, 0.717) is 5.75 Å². The molecule has 1 N–H and O–H groups in total. The summed E-state index contributed by atoms with van der Waals surface area (Å²) < 4.78 is 4.26. The average Bonchev–Trinajstić information content (AvgIpc) is 1.87. The van der Waals surface area contributed by atoms with Crippen molar-refractivity contribution in [1.82, 2.24) is 0 Å². The van der Waals surface area contributed by atoms with Crippen LogP contribution < -0.4 is 0 Å². The van der Waals surface area contributed by atoms with Crippen molar-refractivity contribution in [3.8, 4) is 0 Å². The summed E-state index contributed by atoms with van der Waals surface area (Å²) in [6.07, 6.45) is 0. The number of aliphatic hydroxyl groups excluding tert-OH is 1. The van der Waals surface area contributed by atoms with Gasteiger partial charge in [0, 0.05) is 5.75 Å². The molecule has 0 rings (SSSR count). The van der Waals surface area contributed by atoms with Crippen LogP contribution in [0.25, 0.3) is 0 Å². The first-order valence-corrected chi connectivity index (χ1v) is 3.24. The molecule has 1 atom stereocenters. The number of carbonyl (C=O) groups is 1. The van der Waals surface area contributed by atoms with Gasteiger partial charge in [-0.1, -0.05) is 6.92 Å². The Bertz CT molecular complexity index is 94.2. The number of aliphatic hydroxyl groups is 1. The third kappa shape index (κ3) is 3.37. The Balaban J connectivity index is 3.46. The fourth-order valence-corrected chi connectivity index (χ4v) is 0.429. The number of esters is 1. The van der Waals surface area contributed by atoms with Gasteiger partial charge in [-0.3, -0.25) is 4.79 Å². The van der Waals surface area contributed by atoms with E-state index >= 15 is 0 Å². The summed E-state index contributed by atoms with van der Waals surface area (Å²) in [5.41, 5.74) is 0. The molecular formula is C5H10O3S. The van der Waals surface area contributed by atoms with E-state index in [1.165, 1.54) is 0 Å². The molecule has 0 saturated carbocycles. The first-order chi connectivity index (χ1) is 4.22. The standard InChI is InChI=1S/C5H10O3S/c1-4(2-9)5(7)8-3-6/h4,6,9H,2-3H2,1H3/t4-/m0/s1. The summed E-state index contributed by atoms with van der Waals surface area (Å²) in [4.78, 5) is 10.5. The van der Waals surface area contributed by atoms with Gasteiger partial charge in [-0.15, -0.1) is 0 Å². The summed E-state index contributed by atoms with van der Waals surface area (Å²) >= 11 is 3.87. The number of carbonyl (C=O) groups excluding carboxylic acids is 1. The van der Waals surface area contributed by atoms with Gasteiger partial charge in [-0.05, 0) is 0 Å². The predicted octanol–water partition coefficient (Wildman–Crippen LogP) is 0.0453. The minimum atomic E-state index is -0.545. The monoisotopic (exact) mass is 150 g/mol. The van der Waals surface area contributed by atoms with E-state index in [4.69, 9.17) is 5.11 Å². The minimum Gasteiger partial charge on any atom is -0.438 e. The van der Waals surface area contributed by atoms with Crippen LogP contribution in [-0.2, 0) is 9.53 Å². The maximum atomic E-state index is 10.5. The molecule has 0 saturated heterocycles. The third-order valence-electron chi connectivity index (χ3n) is 0.883. The molecule has 0 unspecified atom stereocenters. The fraction of sp³-hybridized carbons (Fsp3) is 0.800. The van der Waals surface area contributed by atoms with Gasteiger partial charge in [0.05, 0.1) is 5.92 Å². The first-order valence-electron chi connectivity index (χ1n) is 2.60. The fourth-order valence-electron chi connectivity index (χ4n) is 0.280. The Morgan fingerprint density at radius 1 is 1.89 bits per heavy atom. The van der Waals surface area contributed by atoms with Crippen LogP contribution in [0.15, 0.2) is 0 Å². The minimum absolute atomic E-state index is 0.236. The van der Waals surface area contributed by atoms with Crippen molar-refractivity contribution in [3.63, 3.8) is 0 Å². The van der Waals surface area contributed by atoms with E-state index in [1.807, 2.05) is 0 Å². The molecular weight excluding hydrogens is 140 g/mol. The van der Waals surface area contributed by atoms with Crippen LogP contribution in [0.2, 0.25) is 0 Å². The maximum Gasteiger partial charge on any atom is 0.311 e. The number of ether oxygens (including phenoxy) is 1. The molecule has 0 fully saturated rings. The van der Waals surface area contributed by atoms with Crippen molar-refractivity contribution in [1.29, 1.82) is 0 Å². The molecule has 0 aliphatic rings. The van der Waals surface area contributed by atoms with Gasteiger partial charge in [0.25, 0.3) is 0 Å². The second-order valence-corrected chi connectivity index (χ2v) is 2.04. The van der Waals surface area contributed by atoms with Crippen LogP contribution in [-0.4, -0.2) is 23.6 Å². The van der Waals surface area contributed by atoms with Crippen molar-refractivity contribution in [3.05, 3.63) is 0 Å². The quantitative estimate of drug-likeness (QED) is 0.339. The Kier molecular flexibility index (Phi) is 4.53. The average molecular weight is 150 g/mol. The topological polar surface area (TPSA) is 46.5 Å². The second kappa shape index (κ2) is 4.64.